The SMILES string of the molecule is CCc1cccc(OCC(=O)Oc2ccc(/C=C/c3ccncc3)cc2)c1. The Morgan fingerprint density at radius 1 is 0.926 bits per heavy atom. The zero-order valence-corrected chi connectivity index (χ0v) is 15.2. The Bertz CT molecular complexity index is 902. The number of ether oxygens (including phenoxy) is 2. The third kappa shape index (κ3) is 5.82. The van der Waals surface area contributed by atoms with Gasteiger partial charge in [0.25, 0.3) is 0 Å². The highest BCUT2D eigenvalue weighted by Crippen LogP contribution is 2.16. The molecule has 0 saturated carbocycles. The monoisotopic (exact) mass is 359 g/mol. The van der Waals surface area contributed by atoms with Crippen LogP contribution in [-0.2, 0) is 11.2 Å². The molecular formula is C23H21NO3. The topological polar surface area (TPSA) is 48.4 Å². The fourth-order valence-corrected chi connectivity index (χ4v) is 2.47. The molecule has 27 heavy (non-hydrogen) atoms. The van der Waals surface area contributed by atoms with Gasteiger partial charge in [-0.2, -0.15) is 0 Å². The number of carbonyl (C=O) groups excluding carboxylic acids is 1. The summed E-state index contributed by atoms with van der Waals surface area (Å²) in [6.45, 7) is 1.94. The Balaban J connectivity index is 1.51. The van der Waals surface area contributed by atoms with E-state index in [1.165, 1.54) is 0 Å². The number of hydrogen-bond donors (Lipinski definition) is 0. The van der Waals surface area contributed by atoms with Gasteiger partial charge in [-0.05, 0) is 59.5 Å². The highest BCUT2D eigenvalue weighted by atomic mass is 16.6. The van der Waals surface area contributed by atoms with E-state index < -0.39 is 5.97 Å². The molecule has 0 fully saturated rings. The average Bonchev–Trinajstić information content (AvgIpc) is 2.73. The van der Waals surface area contributed by atoms with Crippen molar-refractivity contribution in [3.8, 4) is 11.5 Å². The lowest BCUT2D eigenvalue weighted by Crippen LogP contribution is -2.17. The molecule has 0 bridgehead atoms. The Hall–Kier alpha value is -3.40. The second kappa shape index (κ2) is 9.34. The molecule has 0 aliphatic rings. The molecule has 4 nitrogen and oxygen atoms in total. The molecule has 3 rings (SSSR count). The van der Waals surface area contributed by atoms with E-state index in [1.54, 1.807) is 24.5 Å². The number of carbonyl (C=O) groups is 1. The Morgan fingerprint density at radius 2 is 1.63 bits per heavy atom. The van der Waals surface area contributed by atoms with E-state index in [9.17, 15) is 4.79 Å². The molecule has 0 unspecified atom stereocenters. The van der Waals surface area contributed by atoms with Crippen LogP contribution in [0.5, 0.6) is 11.5 Å². The number of pyridine rings is 1. The molecule has 0 saturated heterocycles. The van der Waals surface area contributed by atoms with Crippen LogP contribution in [0, 0.1) is 0 Å². The van der Waals surface area contributed by atoms with Crippen molar-refractivity contribution >= 4 is 18.1 Å². The number of esters is 1. The second-order valence-electron chi connectivity index (χ2n) is 5.95. The molecule has 0 spiro atoms. The number of aromatic nitrogens is 1. The molecule has 0 N–H and O–H groups in total. The molecule has 4 heteroatoms. The average molecular weight is 359 g/mol. The van der Waals surface area contributed by atoms with E-state index >= 15 is 0 Å². The summed E-state index contributed by atoms with van der Waals surface area (Å²) >= 11 is 0. The molecule has 0 radical (unpaired) electrons. The van der Waals surface area contributed by atoms with E-state index in [4.69, 9.17) is 9.47 Å². The molecule has 1 heterocycles. The first-order chi connectivity index (χ1) is 13.2. The van der Waals surface area contributed by atoms with Crippen LogP contribution in [0.1, 0.15) is 23.6 Å². The molecule has 3 aromatic rings. The van der Waals surface area contributed by atoms with Crippen molar-refractivity contribution in [3.63, 3.8) is 0 Å². The van der Waals surface area contributed by atoms with Crippen molar-refractivity contribution in [2.24, 2.45) is 0 Å². The van der Waals surface area contributed by atoms with Crippen molar-refractivity contribution in [2.45, 2.75) is 13.3 Å². The molecule has 136 valence electrons. The minimum absolute atomic E-state index is 0.128. The van der Waals surface area contributed by atoms with Gasteiger partial charge in [-0.15, -0.1) is 0 Å². The molecule has 1 aromatic heterocycles. The smallest absolute Gasteiger partial charge is 0.349 e. The van der Waals surface area contributed by atoms with Gasteiger partial charge in [0.05, 0.1) is 0 Å². The predicted molar refractivity (Wildman–Crippen MR) is 107 cm³/mol. The van der Waals surface area contributed by atoms with Crippen molar-refractivity contribution in [2.75, 3.05) is 6.61 Å². The third-order valence-corrected chi connectivity index (χ3v) is 3.95. The summed E-state index contributed by atoms with van der Waals surface area (Å²) in [4.78, 5) is 16.0. The summed E-state index contributed by atoms with van der Waals surface area (Å²) in [6.07, 6.45) is 8.42. The van der Waals surface area contributed by atoms with Gasteiger partial charge in [0.15, 0.2) is 6.61 Å². The van der Waals surface area contributed by atoms with Gasteiger partial charge in [-0.3, -0.25) is 4.98 Å². The summed E-state index contributed by atoms with van der Waals surface area (Å²) in [5, 5.41) is 0. The minimum Gasteiger partial charge on any atom is -0.482 e. The Kier molecular flexibility index (Phi) is 6.36. The van der Waals surface area contributed by atoms with Crippen LogP contribution in [0.3, 0.4) is 0 Å². The fourth-order valence-electron chi connectivity index (χ4n) is 2.47. The lowest BCUT2D eigenvalue weighted by atomic mass is 10.1. The van der Waals surface area contributed by atoms with E-state index in [-0.39, 0.29) is 6.61 Å². The zero-order valence-electron chi connectivity index (χ0n) is 15.2. The highest BCUT2D eigenvalue weighted by Gasteiger charge is 2.06. The van der Waals surface area contributed by atoms with Gasteiger partial charge in [0.2, 0.25) is 0 Å². The van der Waals surface area contributed by atoms with Crippen LogP contribution in [0.25, 0.3) is 12.2 Å². The lowest BCUT2D eigenvalue weighted by molar-refractivity contribution is -0.136. The molecule has 0 amide bonds. The van der Waals surface area contributed by atoms with Crippen LogP contribution in [0.15, 0.2) is 73.1 Å². The molecular weight excluding hydrogens is 338 g/mol. The first-order valence-corrected chi connectivity index (χ1v) is 8.83. The van der Waals surface area contributed by atoms with Crippen molar-refractivity contribution in [1.82, 2.24) is 4.98 Å². The normalized spacial score (nSPS) is 10.7. The summed E-state index contributed by atoms with van der Waals surface area (Å²) < 4.78 is 10.8. The van der Waals surface area contributed by atoms with E-state index in [1.807, 2.05) is 60.7 Å². The van der Waals surface area contributed by atoms with Gasteiger partial charge in [0, 0.05) is 12.4 Å². The first-order valence-electron chi connectivity index (χ1n) is 8.83. The molecule has 0 aliphatic carbocycles. The maximum absolute atomic E-state index is 12.0. The van der Waals surface area contributed by atoms with Crippen molar-refractivity contribution < 1.29 is 14.3 Å². The van der Waals surface area contributed by atoms with Crippen LogP contribution < -0.4 is 9.47 Å². The van der Waals surface area contributed by atoms with Crippen molar-refractivity contribution in [3.05, 3.63) is 89.7 Å². The quantitative estimate of drug-likeness (QED) is 0.449. The van der Waals surface area contributed by atoms with Gasteiger partial charge in [-0.25, -0.2) is 4.79 Å². The fraction of sp³-hybridized carbons (Fsp3) is 0.130. The molecule has 2 aromatic carbocycles. The minimum atomic E-state index is -0.433. The number of hydrogen-bond acceptors (Lipinski definition) is 4. The van der Waals surface area contributed by atoms with E-state index in [0.29, 0.717) is 11.5 Å². The van der Waals surface area contributed by atoms with E-state index in [0.717, 1.165) is 23.1 Å². The van der Waals surface area contributed by atoms with E-state index in [2.05, 4.69) is 11.9 Å². The molecule has 0 aliphatic heterocycles. The Labute approximate surface area is 159 Å². The van der Waals surface area contributed by atoms with Crippen LogP contribution in [-0.4, -0.2) is 17.6 Å². The summed E-state index contributed by atoms with van der Waals surface area (Å²) in [6, 6.07) is 18.9. The lowest BCUT2D eigenvalue weighted by Gasteiger charge is -2.08. The standard InChI is InChI=1S/C23H21NO3/c1-2-18-4-3-5-22(16-18)26-17-23(25)27-21-10-8-19(9-11-21)6-7-20-12-14-24-15-13-20/h3-16H,2,17H2,1H3/b7-6+. The van der Waals surface area contributed by atoms with Crippen LogP contribution in [0.4, 0.5) is 0 Å². The largest absolute Gasteiger partial charge is 0.482 e. The maximum atomic E-state index is 12.0. The highest BCUT2D eigenvalue weighted by molar-refractivity contribution is 5.74. The number of nitrogens with zero attached hydrogens (tertiary/aromatic N) is 1. The predicted octanol–water partition coefficient (Wildman–Crippen LogP) is 4.80. The molecule has 0 atom stereocenters. The number of aryl methyl sites for hydroxylation is 1. The van der Waals surface area contributed by atoms with Crippen LogP contribution in [0.2, 0.25) is 0 Å². The van der Waals surface area contributed by atoms with Gasteiger partial charge >= 0.3 is 5.97 Å². The summed E-state index contributed by atoms with van der Waals surface area (Å²) in [5.41, 5.74) is 3.25. The third-order valence-electron chi connectivity index (χ3n) is 3.95. The van der Waals surface area contributed by atoms with Crippen LogP contribution >= 0.6 is 0 Å². The van der Waals surface area contributed by atoms with Gasteiger partial charge in [0.1, 0.15) is 11.5 Å². The van der Waals surface area contributed by atoms with Crippen molar-refractivity contribution in [1.29, 1.82) is 0 Å². The number of benzene rings is 2. The van der Waals surface area contributed by atoms with Gasteiger partial charge < -0.3 is 9.47 Å². The summed E-state index contributed by atoms with van der Waals surface area (Å²) in [5.74, 6) is 0.729. The number of rotatable bonds is 7. The summed E-state index contributed by atoms with van der Waals surface area (Å²) in [7, 11) is 0. The zero-order chi connectivity index (χ0) is 18.9. The Morgan fingerprint density at radius 3 is 2.33 bits per heavy atom. The first kappa shape index (κ1) is 18.4. The maximum Gasteiger partial charge on any atom is 0.349 e. The van der Waals surface area contributed by atoms with Gasteiger partial charge in [-0.1, -0.05) is 43.3 Å². The second-order valence-corrected chi connectivity index (χ2v) is 5.95.